The molecule has 2 N–H and O–H groups in total. The number of aromatic nitrogens is 2. The first kappa shape index (κ1) is 19.7. The molecular formula is C19H32N4O2S. The molecule has 1 atom stereocenters. The van der Waals surface area contributed by atoms with Crippen LogP contribution in [0.2, 0.25) is 0 Å². The van der Waals surface area contributed by atoms with Gasteiger partial charge in [0.15, 0.2) is 5.60 Å². The van der Waals surface area contributed by atoms with Crippen molar-refractivity contribution in [2.45, 2.75) is 70.3 Å². The van der Waals surface area contributed by atoms with Gasteiger partial charge in [0.2, 0.25) is 0 Å². The highest BCUT2D eigenvalue weighted by Crippen LogP contribution is 2.28. The predicted molar refractivity (Wildman–Crippen MR) is 103 cm³/mol. The number of nitrogens with zero attached hydrogens (tertiary/aromatic N) is 3. The van der Waals surface area contributed by atoms with Crippen molar-refractivity contribution in [3.63, 3.8) is 0 Å². The quantitative estimate of drug-likeness (QED) is 0.677. The number of carbonyl (C=O) groups is 1. The van der Waals surface area contributed by atoms with Crippen molar-refractivity contribution in [3.05, 3.63) is 10.0 Å². The Kier molecular flexibility index (Phi) is 7.00. The molecule has 26 heavy (non-hydrogen) atoms. The van der Waals surface area contributed by atoms with Crippen molar-refractivity contribution < 1.29 is 9.90 Å². The fraction of sp³-hybridized carbons (Fsp3) is 0.842. The van der Waals surface area contributed by atoms with Crippen LogP contribution < -0.4 is 5.32 Å². The average Bonchev–Trinajstić information content (AvgIpc) is 3.06. The zero-order valence-corrected chi connectivity index (χ0v) is 16.7. The maximum absolute atomic E-state index is 12.8. The minimum Gasteiger partial charge on any atom is -0.379 e. The van der Waals surface area contributed by atoms with Crippen LogP contribution in [0, 0.1) is 12.8 Å². The van der Waals surface area contributed by atoms with Crippen molar-refractivity contribution in [1.29, 1.82) is 0 Å². The molecule has 0 radical (unpaired) electrons. The van der Waals surface area contributed by atoms with Crippen LogP contribution in [0.15, 0.2) is 0 Å². The summed E-state index contributed by atoms with van der Waals surface area (Å²) in [5.41, 5.74) is -1.25. The molecule has 146 valence electrons. The van der Waals surface area contributed by atoms with Gasteiger partial charge < -0.3 is 15.3 Å². The fourth-order valence-electron chi connectivity index (χ4n) is 4.19. The summed E-state index contributed by atoms with van der Waals surface area (Å²) in [6, 6.07) is 0. The van der Waals surface area contributed by atoms with Crippen molar-refractivity contribution >= 4 is 17.2 Å². The highest BCUT2D eigenvalue weighted by atomic mass is 32.1. The molecule has 2 fully saturated rings. The Hall–Kier alpha value is -1.05. The van der Waals surface area contributed by atoms with Gasteiger partial charge in [-0.15, -0.1) is 21.5 Å². The van der Waals surface area contributed by atoms with E-state index in [1.54, 1.807) is 11.3 Å². The number of aliphatic hydroxyl groups is 1. The first-order valence-electron chi connectivity index (χ1n) is 10.1. The molecule has 1 aromatic rings. The summed E-state index contributed by atoms with van der Waals surface area (Å²) in [7, 11) is 0. The lowest BCUT2D eigenvalue weighted by Crippen LogP contribution is -2.58. The molecule has 0 bridgehead atoms. The molecule has 6 nitrogen and oxygen atoms in total. The third-order valence-corrected chi connectivity index (χ3v) is 6.64. The number of amides is 1. The molecule has 0 unspecified atom stereocenters. The van der Waals surface area contributed by atoms with Gasteiger partial charge in [-0.05, 0) is 32.1 Å². The van der Waals surface area contributed by atoms with E-state index in [1.807, 2.05) is 11.8 Å². The van der Waals surface area contributed by atoms with Gasteiger partial charge in [0.25, 0.3) is 5.91 Å². The van der Waals surface area contributed by atoms with Gasteiger partial charge in [0.05, 0.1) is 0 Å². The van der Waals surface area contributed by atoms with E-state index >= 15 is 0 Å². The average molecular weight is 381 g/mol. The van der Waals surface area contributed by atoms with Gasteiger partial charge in [-0.25, -0.2) is 0 Å². The van der Waals surface area contributed by atoms with Crippen LogP contribution in [0.3, 0.4) is 0 Å². The van der Waals surface area contributed by atoms with Crippen molar-refractivity contribution in [3.8, 4) is 0 Å². The lowest BCUT2D eigenvalue weighted by Gasteiger charge is -2.39. The molecule has 1 aromatic heterocycles. The van der Waals surface area contributed by atoms with Gasteiger partial charge in [-0.2, -0.15) is 0 Å². The van der Waals surface area contributed by atoms with Gasteiger partial charge in [0.1, 0.15) is 10.0 Å². The summed E-state index contributed by atoms with van der Waals surface area (Å²) in [5.74, 6) is 0.680. The standard InChI is InChI=1S/C19H32N4O2S/c1-15-21-22-17(26-15)8-11-20-14-19(25)10-5-12-23(18(19)24)13-9-16-6-3-2-4-7-16/h16,20,25H,2-14H2,1H3/t19-/m0/s1. The highest BCUT2D eigenvalue weighted by molar-refractivity contribution is 7.11. The van der Waals surface area contributed by atoms with Gasteiger partial charge in [0, 0.05) is 32.6 Å². The van der Waals surface area contributed by atoms with Crippen LogP contribution in [-0.4, -0.2) is 57.9 Å². The molecule has 2 heterocycles. The summed E-state index contributed by atoms with van der Waals surface area (Å²) in [6.07, 6.45) is 9.94. The zero-order valence-electron chi connectivity index (χ0n) is 15.9. The van der Waals surface area contributed by atoms with Crippen LogP contribution in [0.5, 0.6) is 0 Å². The largest absolute Gasteiger partial charge is 0.379 e. The molecule has 1 aliphatic carbocycles. The van der Waals surface area contributed by atoms with Crippen LogP contribution in [-0.2, 0) is 11.2 Å². The number of nitrogens with one attached hydrogen (secondary N) is 1. The first-order valence-corrected chi connectivity index (χ1v) is 10.9. The number of piperidine rings is 1. The maximum Gasteiger partial charge on any atom is 0.255 e. The van der Waals surface area contributed by atoms with Crippen molar-refractivity contribution in [2.24, 2.45) is 5.92 Å². The molecule has 1 saturated carbocycles. The SMILES string of the molecule is Cc1nnc(CCNC[C@@]2(O)CCCN(CCC3CCCCC3)C2=O)s1. The number of likely N-dealkylation sites (tertiary alicyclic amines) is 1. The van der Waals surface area contributed by atoms with Gasteiger partial charge in [-0.3, -0.25) is 4.79 Å². The van der Waals surface area contributed by atoms with E-state index in [4.69, 9.17) is 0 Å². The van der Waals surface area contributed by atoms with Crippen LogP contribution in [0.1, 0.15) is 61.4 Å². The Balaban J connectivity index is 1.42. The molecule has 3 rings (SSSR count). The second-order valence-electron chi connectivity index (χ2n) is 7.86. The number of rotatable bonds is 8. The Morgan fingerprint density at radius 1 is 1.27 bits per heavy atom. The molecule has 1 amide bonds. The van der Waals surface area contributed by atoms with E-state index in [0.29, 0.717) is 19.5 Å². The third kappa shape index (κ3) is 5.24. The van der Waals surface area contributed by atoms with Crippen LogP contribution >= 0.6 is 11.3 Å². The minimum atomic E-state index is -1.25. The zero-order chi connectivity index (χ0) is 18.4. The minimum absolute atomic E-state index is 0.0844. The van der Waals surface area contributed by atoms with E-state index in [-0.39, 0.29) is 5.91 Å². The van der Waals surface area contributed by atoms with E-state index in [2.05, 4.69) is 15.5 Å². The van der Waals surface area contributed by atoms with E-state index in [9.17, 15) is 9.90 Å². The Morgan fingerprint density at radius 3 is 2.81 bits per heavy atom. The molecule has 0 aromatic carbocycles. The van der Waals surface area contributed by atoms with E-state index in [1.165, 1.54) is 32.1 Å². The number of carbonyl (C=O) groups excluding carboxylic acids is 1. The number of hydrogen-bond donors (Lipinski definition) is 2. The van der Waals surface area contributed by atoms with Crippen molar-refractivity contribution in [2.75, 3.05) is 26.2 Å². The molecule has 1 saturated heterocycles. The van der Waals surface area contributed by atoms with Crippen LogP contribution in [0.25, 0.3) is 0 Å². The number of aryl methyl sites for hydroxylation is 1. The maximum atomic E-state index is 12.8. The Labute approximate surface area is 160 Å². The topological polar surface area (TPSA) is 78.4 Å². The summed E-state index contributed by atoms with van der Waals surface area (Å²) in [5, 5.41) is 24.2. The van der Waals surface area contributed by atoms with E-state index in [0.717, 1.165) is 48.3 Å². The smallest absolute Gasteiger partial charge is 0.255 e. The Morgan fingerprint density at radius 2 is 2.08 bits per heavy atom. The Bertz CT molecular complexity index is 588. The second-order valence-corrected chi connectivity index (χ2v) is 9.13. The summed E-state index contributed by atoms with van der Waals surface area (Å²) in [6.45, 7) is 4.56. The molecule has 1 aliphatic heterocycles. The monoisotopic (exact) mass is 380 g/mol. The first-order chi connectivity index (χ1) is 12.6. The molecule has 7 heteroatoms. The normalized spacial score (nSPS) is 25.0. The van der Waals surface area contributed by atoms with Crippen molar-refractivity contribution in [1.82, 2.24) is 20.4 Å². The predicted octanol–water partition coefficient (Wildman–Crippen LogP) is 2.30. The lowest BCUT2D eigenvalue weighted by atomic mass is 9.86. The summed E-state index contributed by atoms with van der Waals surface area (Å²) in [4.78, 5) is 14.7. The van der Waals surface area contributed by atoms with Crippen LogP contribution in [0.4, 0.5) is 0 Å². The van der Waals surface area contributed by atoms with E-state index < -0.39 is 5.60 Å². The third-order valence-electron chi connectivity index (χ3n) is 5.74. The fourth-order valence-corrected chi connectivity index (χ4v) is 4.89. The molecular weight excluding hydrogens is 348 g/mol. The lowest BCUT2D eigenvalue weighted by molar-refractivity contribution is -0.156. The molecule has 2 aliphatic rings. The summed E-state index contributed by atoms with van der Waals surface area (Å²) < 4.78 is 0. The highest BCUT2D eigenvalue weighted by Gasteiger charge is 2.41. The van der Waals surface area contributed by atoms with Gasteiger partial charge in [-0.1, -0.05) is 32.1 Å². The number of hydrogen-bond acceptors (Lipinski definition) is 6. The summed E-state index contributed by atoms with van der Waals surface area (Å²) >= 11 is 1.59. The second kappa shape index (κ2) is 9.24. The molecule has 0 spiro atoms. The van der Waals surface area contributed by atoms with Gasteiger partial charge >= 0.3 is 0 Å².